The monoisotopic (exact) mass is 240 g/mol. The molecule has 8 heteroatoms. The molecule has 0 fully saturated rings. The summed E-state index contributed by atoms with van der Waals surface area (Å²) >= 11 is 0. The summed E-state index contributed by atoms with van der Waals surface area (Å²) in [6.07, 6.45) is 0.785. The van der Waals surface area contributed by atoms with Gasteiger partial charge in [-0.15, -0.1) is 0 Å². The maximum atomic E-state index is 10.5. The van der Waals surface area contributed by atoms with Crippen molar-refractivity contribution in [3.8, 4) is 0 Å². The first-order valence-electron chi connectivity index (χ1n) is 5.05. The third kappa shape index (κ3) is 1.76. The fourth-order valence-corrected chi connectivity index (χ4v) is 1.99. The zero-order valence-corrected chi connectivity index (χ0v) is 9.16. The van der Waals surface area contributed by atoms with Gasteiger partial charge in [-0.25, -0.2) is 4.63 Å². The topological polar surface area (TPSA) is 124 Å². The van der Waals surface area contributed by atoms with Crippen LogP contribution in [0.15, 0.2) is 14.9 Å². The first kappa shape index (κ1) is 11.5. The van der Waals surface area contributed by atoms with Crippen molar-refractivity contribution in [2.24, 2.45) is 10.3 Å². The summed E-state index contributed by atoms with van der Waals surface area (Å²) in [7, 11) is 0. The molecule has 1 aliphatic carbocycles. The van der Waals surface area contributed by atoms with Gasteiger partial charge in [0, 0.05) is 12.8 Å². The zero-order valence-electron chi connectivity index (χ0n) is 9.16. The number of rotatable bonds is 2. The molecule has 0 aliphatic heterocycles. The van der Waals surface area contributed by atoms with Gasteiger partial charge in [-0.1, -0.05) is 20.6 Å². The summed E-state index contributed by atoms with van der Waals surface area (Å²) in [4.78, 5) is 0. The lowest BCUT2D eigenvalue weighted by atomic mass is 9.80. The molecule has 8 nitrogen and oxygen atoms in total. The molecule has 2 rings (SSSR count). The quantitative estimate of drug-likeness (QED) is 0.387. The molecule has 17 heavy (non-hydrogen) atoms. The molecule has 1 atom stereocenters. The predicted octanol–water partition coefficient (Wildman–Crippen LogP) is 0.274. The molecule has 0 saturated carbocycles. The van der Waals surface area contributed by atoms with Crippen LogP contribution in [0.4, 0.5) is 0 Å². The van der Waals surface area contributed by atoms with Gasteiger partial charge in [-0.05, 0) is 13.3 Å². The van der Waals surface area contributed by atoms with Gasteiger partial charge in [0.25, 0.3) is 0 Å². The van der Waals surface area contributed by atoms with E-state index in [0.717, 1.165) is 0 Å². The van der Waals surface area contributed by atoms with Gasteiger partial charge in [-0.2, -0.15) is 0 Å². The van der Waals surface area contributed by atoms with Gasteiger partial charge < -0.3 is 15.5 Å². The molecule has 0 saturated heterocycles. The maximum absolute atomic E-state index is 10.5. The standard InChI is InChI=1S/C9H12N4O4/c1-5(10-15)4-9(14)7(11-16)3-2-6-8(9)13-17-12-6/h14-16H,2-4H2,1H3/b10-5-,11-7-. The lowest BCUT2D eigenvalue weighted by Crippen LogP contribution is -2.42. The minimum absolute atomic E-state index is 0.0376. The highest BCUT2D eigenvalue weighted by Crippen LogP contribution is 2.34. The smallest absolute Gasteiger partial charge is 0.158 e. The van der Waals surface area contributed by atoms with Gasteiger partial charge in [-0.3, -0.25) is 0 Å². The molecule has 0 spiro atoms. The van der Waals surface area contributed by atoms with Crippen LogP contribution >= 0.6 is 0 Å². The molecule has 92 valence electrons. The van der Waals surface area contributed by atoms with Gasteiger partial charge >= 0.3 is 0 Å². The number of hydrogen-bond donors (Lipinski definition) is 3. The average molecular weight is 240 g/mol. The van der Waals surface area contributed by atoms with E-state index in [1.807, 2.05) is 0 Å². The van der Waals surface area contributed by atoms with Crippen LogP contribution in [0.25, 0.3) is 0 Å². The second-order valence-electron chi connectivity index (χ2n) is 3.98. The van der Waals surface area contributed by atoms with Crippen LogP contribution in [-0.4, -0.2) is 37.3 Å². The molecule has 1 aliphatic rings. The Labute approximate surface area is 96.2 Å². The summed E-state index contributed by atoms with van der Waals surface area (Å²) in [6.45, 7) is 1.54. The summed E-state index contributed by atoms with van der Waals surface area (Å²) < 4.78 is 4.57. The van der Waals surface area contributed by atoms with Crippen LogP contribution in [0, 0.1) is 0 Å². The number of aliphatic hydroxyl groups is 1. The van der Waals surface area contributed by atoms with E-state index < -0.39 is 5.60 Å². The first-order chi connectivity index (χ1) is 8.11. The molecule has 1 unspecified atom stereocenters. The second-order valence-corrected chi connectivity index (χ2v) is 3.98. The predicted molar refractivity (Wildman–Crippen MR) is 55.2 cm³/mol. The van der Waals surface area contributed by atoms with Crippen LogP contribution in [0.1, 0.15) is 31.2 Å². The van der Waals surface area contributed by atoms with E-state index >= 15 is 0 Å². The summed E-state index contributed by atoms with van der Waals surface area (Å²) in [6, 6.07) is 0. The van der Waals surface area contributed by atoms with Gasteiger partial charge in [0.2, 0.25) is 0 Å². The van der Waals surface area contributed by atoms with E-state index in [1.165, 1.54) is 6.92 Å². The van der Waals surface area contributed by atoms with Gasteiger partial charge in [0.1, 0.15) is 11.4 Å². The normalized spacial score (nSPS) is 27.2. The molecular weight excluding hydrogens is 228 g/mol. The Morgan fingerprint density at radius 2 is 2.18 bits per heavy atom. The summed E-state index contributed by atoms with van der Waals surface area (Å²) in [5.41, 5.74) is -0.461. The SMILES string of the molecule is C/C(CC1(O)/C(=N\O)CCc2nonc21)=N/O. The minimum atomic E-state index is -1.63. The average Bonchev–Trinajstić information content (AvgIpc) is 2.78. The van der Waals surface area contributed by atoms with Crippen molar-refractivity contribution < 1.29 is 20.2 Å². The molecular formula is C9H12N4O4. The van der Waals surface area contributed by atoms with Crippen molar-refractivity contribution in [1.82, 2.24) is 10.3 Å². The van der Waals surface area contributed by atoms with Crippen molar-refractivity contribution in [1.29, 1.82) is 0 Å². The first-order valence-corrected chi connectivity index (χ1v) is 5.05. The molecule has 0 radical (unpaired) electrons. The van der Waals surface area contributed by atoms with Crippen LogP contribution in [0.3, 0.4) is 0 Å². The zero-order chi connectivity index (χ0) is 12.5. The second kappa shape index (κ2) is 4.13. The van der Waals surface area contributed by atoms with E-state index in [1.54, 1.807) is 0 Å². The molecule has 0 aromatic carbocycles. The van der Waals surface area contributed by atoms with E-state index in [0.29, 0.717) is 18.5 Å². The summed E-state index contributed by atoms with van der Waals surface area (Å²) in [5, 5.41) is 41.5. The fourth-order valence-electron chi connectivity index (χ4n) is 1.99. The third-order valence-corrected chi connectivity index (χ3v) is 2.83. The van der Waals surface area contributed by atoms with E-state index in [-0.39, 0.29) is 23.5 Å². The minimum Gasteiger partial charge on any atom is -0.411 e. The lowest BCUT2D eigenvalue weighted by molar-refractivity contribution is 0.0976. The van der Waals surface area contributed by atoms with Crippen molar-refractivity contribution in [3.63, 3.8) is 0 Å². The van der Waals surface area contributed by atoms with E-state index in [4.69, 9.17) is 10.4 Å². The van der Waals surface area contributed by atoms with Crippen LogP contribution in [0.5, 0.6) is 0 Å². The summed E-state index contributed by atoms with van der Waals surface area (Å²) in [5.74, 6) is 0. The highest BCUT2D eigenvalue weighted by atomic mass is 16.6. The van der Waals surface area contributed by atoms with Gasteiger partial charge in [0.05, 0.1) is 11.4 Å². The highest BCUT2D eigenvalue weighted by Gasteiger charge is 2.45. The molecule has 1 heterocycles. The van der Waals surface area contributed by atoms with E-state index in [2.05, 4.69) is 25.3 Å². The van der Waals surface area contributed by atoms with E-state index in [9.17, 15) is 5.11 Å². The Morgan fingerprint density at radius 3 is 2.82 bits per heavy atom. The number of oxime groups is 2. The Hall–Kier alpha value is -1.96. The van der Waals surface area contributed by atoms with Gasteiger partial charge in [0.15, 0.2) is 5.60 Å². The molecule has 1 aromatic heterocycles. The number of fused-ring (bicyclic) bond motifs is 1. The molecule has 0 amide bonds. The highest BCUT2D eigenvalue weighted by molar-refractivity contribution is 5.98. The Morgan fingerprint density at radius 1 is 1.41 bits per heavy atom. The number of aromatic nitrogens is 2. The lowest BCUT2D eigenvalue weighted by Gasteiger charge is -2.29. The third-order valence-electron chi connectivity index (χ3n) is 2.83. The fraction of sp³-hybridized carbons (Fsp3) is 0.556. The van der Waals surface area contributed by atoms with Crippen molar-refractivity contribution in [3.05, 3.63) is 11.4 Å². The van der Waals surface area contributed by atoms with Crippen LogP contribution in [0.2, 0.25) is 0 Å². The molecule has 0 bridgehead atoms. The Kier molecular flexibility index (Phi) is 2.80. The number of nitrogens with zero attached hydrogens (tertiary/aromatic N) is 4. The Balaban J connectivity index is 2.47. The van der Waals surface area contributed by atoms with Crippen LogP contribution in [-0.2, 0) is 12.0 Å². The number of aryl methyl sites for hydroxylation is 1. The van der Waals surface area contributed by atoms with Crippen molar-refractivity contribution in [2.75, 3.05) is 0 Å². The largest absolute Gasteiger partial charge is 0.411 e. The Bertz CT molecular complexity index is 481. The van der Waals surface area contributed by atoms with Crippen molar-refractivity contribution >= 4 is 11.4 Å². The van der Waals surface area contributed by atoms with Crippen molar-refractivity contribution in [2.45, 2.75) is 31.8 Å². The molecule has 1 aromatic rings. The molecule has 3 N–H and O–H groups in total. The number of hydrogen-bond acceptors (Lipinski definition) is 8. The maximum Gasteiger partial charge on any atom is 0.158 e. The van der Waals surface area contributed by atoms with Crippen LogP contribution < -0.4 is 0 Å².